The number of aromatic nitrogens is 3. The molecular formula is C20H18BrClN4O5S. The number of pyridine rings is 1. The van der Waals surface area contributed by atoms with Crippen LogP contribution < -0.4 is 9.46 Å². The Morgan fingerprint density at radius 1 is 1.34 bits per heavy atom. The molecule has 0 radical (unpaired) electrons. The number of carboxylic acid groups (broad SMARTS) is 1. The van der Waals surface area contributed by atoms with Gasteiger partial charge in [-0.25, -0.2) is 18.1 Å². The Morgan fingerprint density at radius 2 is 2.12 bits per heavy atom. The number of halogens is 2. The van der Waals surface area contributed by atoms with Crippen molar-refractivity contribution in [2.45, 2.75) is 36.7 Å². The highest BCUT2D eigenvalue weighted by Crippen LogP contribution is 2.34. The first kappa shape index (κ1) is 22.7. The van der Waals surface area contributed by atoms with Gasteiger partial charge in [-0.15, -0.1) is 0 Å². The number of nitrogens with one attached hydrogen (secondary N) is 1. The van der Waals surface area contributed by atoms with Gasteiger partial charge in [-0.2, -0.15) is 5.10 Å². The maximum atomic E-state index is 13.0. The Hall–Kier alpha value is -2.47. The van der Waals surface area contributed by atoms with E-state index in [4.69, 9.17) is 21.4 Å². The number of hydrogen-bond acceptors (Lipinski definition) is 6. The standard InChI is InChI=1S/C20H18BrClN4O5S/c21-14-8-12(9-23-20(14)31-18-7-2-1-4-15(18)22)32(29,30)25-16-5-3-6-17-13(16)10-24-26(17)11-19(27)28/h1-2,4,7-10,16,25H,3,5-6,11H2,(H,27,28)/t16-/m1/s1. The summed E-state index contributed by atoms with van der Waals surface area (Å²) >= 11 is 9.40. The molecule has 12 heteroatoms. The number of aliphatic carboxylic acids is 1. The van der Waals surface area contributed by atoms with Gasteiger partial charge < -0.3 is 9.84 Å². The van der Waals surface area contributed by atoms with Gasteiger partial charge in [0.15, 0.2) is 0 Å². The molecule has 1 atom stereocenters. The topological polar surface area (TPSA) is 123 Å². The first-order chi connectivity index (χ1) is 15.2. The van der Waals surface area contributed by atoms with Crippen LogP contribution in [0.2, 0.25) is 5.02 Å². The van der Waals surface area contributed by atoms with E-state index in [1.54, 1.807) is 24.3 Å². The van der Waals surface area contributed by atoms with Crippen LogP contribution in [0.15, 0.2) is 52.1 Å². The zero-order valence-electron chi connectivity index (χ0n) is 16.5. The molecule has 0 aliphatic heterocycles. The van der Waals surface area contributed by atoms with Crippen molar-refractivity contribution in [2.75, 3.05) is 0 Å². The number of benzene rings is 1. The minimum atomic E-state index is -3.91. The second kappa shape index (κ2) is 9.18. The molecule has 0 fully saturated rings. The molecule has 0 saturated heterocycles. The Kier molecular flexibility index (Phi) is 6.52. The zero-order chi connectivity index (χ0) is 22.9. The van der Waals surface area contributed by atoms with E-state index in [2.05, 4.69) is 30.7 Å². The van der Waals surface area contributed by atoms with Gasteiger partial charge in [-0.3, -0.25) is 9.48 Å². The van der Waals surface area contributed by atoms with Crippen LogP contribution in [0, 0.1) is 0 Å². The van der Waals surface area contributed by atoms with Gasteiger partial charge in [0.2, 0.25) is 15.9 Å². The molecule has 0 saturated carbocycles. The Bertz CT molecular complexity index is 1280. The van der Waals surface area contributed by atoms with Gasteiger partial charge in [0.05, 0.1) is 27.9 Å². The minimum Gasteiger partial charge on any atom is -0.480 e. The summed E-state index contributed by atoms with van der Waals surface area (Å²) in [7, 11) is -3.91. The fourth-order valence-corrected chi connectivity index (χ4v) is 5.50. The zero-order valence-corrected chi connectivity index (χ0v) is 19.7. The Labute approximate surface area is 197 Å². The molecule has 9 nitrogen and oxygen atoms in total. The van der Waals surface area contributed by atoms with Crippen LogP contribution in [0.25, 0.3) is 0 Å². The quantitative estimate of drug-likeness (QED) is 0.464. The van der Waals surface area contributed by atoms with Crippen LogP contribution in [0.3, 0.4) is 0 Å². The lowest BCUT2D eigenvalue weighted by Crippen LogP contribution is -2.31. The molecular weight excluding hydrogens is 524 g/mol. The maximum absolute atomic E-state index is 13.0. The van der Waals surface area contributed by atoms with Crippen LogP contribution in [0.4, 0.5) is 0 Å². The number of carboxylic acids is 1. The van der Waals surface area contributed by atoms with Crippen LogP contribution in [-0.2, 0) is 27.8 Å². The third-order valence-electron chi connectivity index (χ3n) is 4.98. The number of fused-ring (bicyclic) bond motifs is 1. The lowest BCUT2D eigenvalue weighted by atomic mass is 9.94. The molecule has 2 N–H and O–H groups in total. The molecule has 0 amide bonds. The summed E-state index contributed by atoms with van der Waals surface area (Å²) in [6.07, 6.45) is 4.66. The fraction of sp³-hybridized carbons (Fsp3) is 0.250. The third-order valence-corrected chi connectivity index (χ3v) is 7.30. The molecule has 1 aromatic carbocycles. The van der Waals surface area contributed by atoms with E-state index in [-0.39, 0.29) is 17.3 Å². The van der Waals surface area contributed by atoms with Gasteiger partial charge >= 0.3 is 5.97 Å². The molecule has 168 valence electrons. The summed E-state index contributed by atoms with van der Waals surface area (Å²) in [6.45, 7) is -0.265. The molecule has 1 aliphatic carbocycles. The molecule has 0 bridgehead atoms. The second-order valence-electron chi connectivity index (χ2n) is 7.15. The van der Waals surface area contributed by atoms with E-state index in [9.17, 15) is 13.2 Å². The smallest absolute Gasteiger partial charge is 0.325 e. The molecule has 32 heavy (non-hydrogen) atoms. The van der Waals surface area contributed by atoms with Gasteiger partial charge in [0.1, 0.15) is 17.2 Å². The van der Waals surface area contributed by atoms with Gasteiger partial charge in [0.25, 0.3) is 0 Å². The van der Waals surface area contributed by atoms with E-state index in [1.165, 1.54) is 23.1 Å². The number of hydrogen-bond donors (Lipinski definition) is 2. The van der Waals surface area contributed by atoms with Crippen molar-refractivity contribution in [3.05, 3.63) is 63.5 Å². The van der Waals surface area contributed by atoms with Gasteiger partial charge in [-0.1, -0.05) is 23.7 Å². The lowest BCUT2D eigenvalue weighted by Gasteiger charge is -2.24. The summed E-state index contributed by atoms with van der Waals surface area (Å²) in [4.78, 5) is 15.1. The van der Waals surface area contributed by atoms with Crippen LogP contribution in [0.5, 0.6) is 11.6 Å². The van der Waals surface area contributed by atoms with Gasteiger partial charge in [0, 0.05) is 11.3 Å². The predicted octanol–water partition coefficient (Wildman–Crippen LogP) is 3.93. The molecule has 3 aromatic rings. The maximum Gasteiger partial charge on any atom is 0.325 e. The Morgan fingerprint density at radius 3 is 2.84 bits per heavy atom. The average Bonchev–Trinajstić information content (AvgIpc) is 3.14. The van der Waals surface area contributed by atoms with Gasteiger partial charge in [-0.05, 0) is 53.4 Å². The summed E-state index contributed by atoms with van der Waals surface area (Å²) < 4.78 is 36.1. The van der Waals surface area contributed by atoms with Crippen LogP contribution in [0.1, 0.15) is 30.1 Å². The average molecular weight is 542 g/mol. The lowest BCUT2D eigenvalue weighted by molar-refractivity contribution is -0.137. The van der Waals surface area contributed by atoms with Crippen molar-refractivity contribution < 1.29 is 23.1 Å². The molecule has 1 aliphatic rings. The van der Waals surface area contributed by atoms with Crippen LogP contribution >= 0.6 is 27.5 Å². The molecule has 2 heterocycles. The van der Waals surface area contributed by atoms with E-state index < -0.39 is 22.0 Å². The molecule has 2 aromatic heterocycles. The monoisotopic (exact) mass is 540 g/mol. The highest BCUT2D eigenvalue weighted by atomic mass is 79.9. The first-order valence-corrected chi connectivity index (χ1v) is 12.3. The second-order valence-corrected chi connectivity index (χ2v) is 10.1. The fourth-order valence-electron chi connectivity index (χ4n) is 3.52. The summed E-state index contributed by atoms with van der Waals surface area (Å²) in [5.74, 6) is -0.440. The third kappa shape index (κ3) is 4.80. The van der Waals surface area contributed by atoms with Crippen molar-refractivity contribution in [3.63, 3.8) is 0 Å². The highest BCUT2D eigenvalue weighted by Gasteiger charge is 2.29. The van der Waals surface area contributed by atoms with Crippen molar-refractivity contribution in [3.8, 4) is 11.6 Å². The molecule has 4 rings (SSSR count). The van der Waals surface area contributed by atoms with E-state index in [0.29, 0.717) is 40.1 Å². The van der Waals surface area contributed by atoms with E-state index in [1.807, 2.05) is 0 Å². The number of para-hydroxylation sites is 1. The van der Waals surface area contributed by atoms with E-state index in [0.717, 1.165) is 5.69 Å². The van der Waals surface area contributed by atoms with Crippen molar-refractivity contribution in [1.82, 2.24) is 19.5 Å². The largest absolute Gasteiger partial charge is 0.480 e. The minimum absolute atomic E-state index is 0.0408. The summed E-state index contributed by atoms with van der Waals surface area (Å²) in [5.41, 5.74) is 1.42. The van der Waals surface area contributed by atoms with Crippen molar-refractivity contribution >= 4 is 43.5 Å². The van der Waals surface area contributed by atoms with E-state index >= 15 is 0 Å². The number of rotatable bonds is 7. The summed E-state index contributed by atoms with van der Waals surface area (Å²) in [6, 6.07) is 7.76. The summed E-state index contributed by atoms with van der Waals surface area (Å²) in [5, 5.41) is 13.6. The van der Waals surface area contributed by atoms with Crippen LogP contribution in [-0.4, -0.2) is 34.3 Å². The molecule has 0 spiro atoms. The number of carbonyl (C=O) groups is 1. The van der Waals surface area contributed by atoms with Crippen molar-refractivity contribution in [2.24, 2.45) is 0 Å². The highest BCUT2D eigenvalue weighted by molar-refractivity contribution is 9.10. The number of sulfonamides is 1. The SMILES string of the molecule is O=C(O)Cn1ncc2c1CCC[C@H]2NS(=O)(=O)c1cnc(Oc2ccccc2Cl)c(Br)c1. The number of nitrogens with zero attached hydrogens (tertiary/aromatic N) is 3. The Balaban J connectivity index is 1.55. The van der Waals surface area contributed by atoms with Crippen molar-refractivity contribution in [1.29, 1.82) is 0 Å². The first-order valence-electron chi connectivity index (χ1n) is 9.61. The normalized spacial score (nSPS) is 15.9. The molecule has 0 unspecified atom stereocenters. The predicted molar refractivity (Wildman–Crippen MR) is 119 cm³/mol. The number of ether oxygens (including phenoxy) is 1.